The lowest BCUT2D eigenvalue weighted by Crippen LogP contribution is -2.13. The zero-order chi connectivity index (χ0) is 9.19. The molecule has 0 unspecified atom stereocenters. The molecule has 1 rings (SSSR count). The first kappa shape index (κ1) is 8.97. The predicted molar refractivity (Wildman–Crippen MR) is 47.3 cm³/mol. The molecule has 0 spiro atoms. The molecular weight excluding hydrogens is 152 g/mol. The molecule has 0 N–H and O–H groups in total. The summed E-state index contributed by atoms with van der Waals surface area (Å²) in [5.74, 6) is 0.620. The van der Waals surface area contributed by atoms with Crippen molar-refractivity contribution in [3.05, 3.63) is 18.1 Å². The van der Waals surface area contributed by atoms with Crippen molar-refractivity contribution in [2.24, 2.45) is 0 Å². The summed E-state index contributed by atoms with van der Waals surface area (Å²) >= 11 is 0. The highest BCUT2D eigenvalue weighted by Crippen LogP contribution is 2.21. The topological polar surface area (TPSA) is 35.0 Å². The molecule has 0 bridgehead atoms. The third kappa shape index (κ3) is 1.94. The van der Waals surface area contributed by atoms with Crippen molar-refractivity contribution in [3.8, 4) is 5.88 Å². The van der Waals surface area contributed by atoms with E-state index in [0.29, 0.717) is 5.88 Å². The molecule has 0 radical (unpaired) electrons. The molecule has 3 heteroatoms. The van der Waals surface area contributed by atoms with Gasteiger partial charge in [0.1, 0.15) is 6.33 Å². The van der Waals surface area contributed by atoms with Gasteiger partial charge in [-0.2, -0.15) is 0 Å². The fourth-order valence-electron chi connectivity index (χ4n) is 0.861. The molecule has 0 saturated heterocycles. The Kier molecular flexibility index (Phi) is 2.31. The Morgan fingerprint density at radius 2 is 1.92 bits per heavy atom. The Balaban J connectivity index is 3.02. The molecule has 3 nitrogen and oxygen atoms in total. The Morgan fingerprint density at radius 1 is 1.25 bits per heavy atom. The van der Waals surface area contributed by atoms with Crippen LogP contribution in [0.4, 0.5) is 0 Å². The highest BCUT2D eigenvalue weighted by atomic mass is 16.5. The monoisotopic (exact) mass is 166 g/mol. The molecule has 1 heterocycles. The van der Waals surface area contributed by atoms with Gasteiger partial charge >= 0.3 is 0 Å². The minimum Gasteiger partial charge on any atom is -0.481 e. The van der Waals surface area contributed by atoms with Gasteiger partial charge in [0.15, 0.2) is 0 Å². The van der Waals surface area contributed by atoms with E-state index in [1.807, 2.05) is 6.07 Å². The van der Waals surface area contributed by atoms with Crippen LogP contribution in [-0.4, -0.2) is 17.1 Å². The van der Waals surface area contributed by atoms with E-state index in [1.165, 1.54) is 6.33 Å². The molecule has 0 atom stereocenters. The van der Waals surface area contributed by atoms with E-state index in [9.17, 15) is 0 Å². The summed E-state index contributed by atoms with van der Waals surface area (Å²) < 4.78 is 5.00. The van der Waals surface area contributed by atoms with E-state index in [4.69, 9.17) is 4.74 Å². The van der Waals surface area contributed by atoms with Crippen molar-refractivity contribution < 1.29 is 4.74 Å². The van der Waals surface area contributed by atoms with Crippen LogP contribution in [0.15, 0.2) is 12.4 Å². The number of hydrogen-bond donors (Lipinski definition) is 0. The van der Waals surface area contributed by atoms with Crippen molar-refractivity contribution in [1.82, 2.24) is 9.97 Å². The van der Waals surface area contributed by atoms with Crippen molar-refractivity contribution in [3.63, 3.8) is 0 Å². The zero-order valence-electron chi connectivity index (χ0n) is 7.96. The summed E-state index contributed by atoms with van der Waals surface area (Å²) in [5.41, 5.74) is 1.05. The van der Waals surface area contributed by atoms with Crippen LogP contribution in [-0.2, 0) is 5.41 Å². The summed E-state index contributed by atoms with van der Waals surface area (Å²) in [4.78, 5) is 8.11. The van der Waals surface area contributed by atoms with Crippen LogP contribution in [0.2, 0.25) is 0 Å². The first-order valence-corrected chi connectivity index (χ1v) is 3.90. The van der Waals surface area contributed by atoms with E-state index in [2.05, 4.69) is 30.7 Å². The van der Waals surface area contributed by atoms with E-state index in [-0.39, 0.29) is 5.41 Å². The zero-order valence-corrected chi connectivity index (χ0v) is 7.96. The van der Waals surface area contributed by atoms with Crippen LogP contribution in [0.5, 0.6) is 5.88 Å². The number of rotatable bonds is 1. The highest BCUT2D eigenvalue weighted by molar-refractivity contribution is 5.19. The van der Waals surface area contributed by atoms with Gasteiger partial charge in [-0.25, -0.2) is 9.97 Å². The Hall–Kier alpha value is -1.12. The maximum Gasteiger partial charge on any atom is 0.216 e. The average Bonchev–Trinajstić information content (AvgIpc) is 2.03. The molecule has 0 saturated carbocycles. The Bertz CT molecular complexity index is 265. The first-order valence-electron chi connectivity index (χ1n) is 3.90. The predicted octanol–water partition coefficient (Wildman–Crippen LogP) is 1.78. The number of nitrogens with zero attached hydrogens (tertiary/aromatic N) is 2. The van der Waals surface area contributed by atoms with Crippen LogP contribution >= 0.6 is 0 Å². The Labute approximate surface area is 72.8 Å². The van der Waals surface area contributed by atoms with Gasteiger partial charge in [0.25, 0.3) is 0 Å². The van der Waals surface area contributed by atoms with Gasteiger partial charge in [-0.05, 0) is 0 Å². The van der Waals surface area contributed by atoms with E-state index < -0.39 is 0 Å². The molecule has 0 aromatic carbocycles. The normalized spacial score (nSPS) is 11.3. The molecule has 0 aliphatic carbocycles. The van der Waals surface area contributed by atoms with Gasteiger partial charge in [0.05, 0.1) is 12.8 Å². The first-order chi connectivity index (χ1) is 5.54. The van der Waals surface area contributed by atoms with E-state index in [0.717, 1.165) is 5.69 Å². The second kappa shape index (κ2) is 3.09. The van der Waals surface area contributed by atoms with Crippen LogP contribution in [0.1, 0.15) is 26.5 Å². The van der Waals surface area contributed by atoms with Gasteiger partial charge in [0, 0.05) is 11.5 Å². The number of ether oxygens (including phenoxy) is 1. The van der Waals surface area contributed by atoms with Gasteiger partial charge in [-0.1, -0.05) is 20.8 Å². The molecule has 0 aliphatic rings. The van der Waals surface area contributed by atoms with Crippen molar-refractivity contribution >= 4 is 0 Å². The molecule has 0 aliphatic heterocycles. The summed E-state index contributed by atoms with van der Waals surface area (Å²) in [6, 6.07) is 1.86. The largest absolute Gasteiger partial charge is 0.481 e. The quantitative estimate of drug-likeness (QED) is 0.638. The SMILES string of the molecule is COc1cc(C(C)(C)C)ncn1. The summed E-state index contributed by atoms with van der Waals surface area (Å²) in [6.07, 6.45) is 1.53. The lowest BCUT2D eigenvalue weighted by Gasteiger charge is -2.17. The van der Waals surface area contributed by atoms with Crippen LogP contribution in [0.3, 0.4) is 0 Å². The lowest BCUT2D eigenvalue weighted by atomic mass is 9.92. The fraction of sp³-hybridized carbons (Fsp3) is 0.556. The molecule has 1 aromatic rings. The van der Waals surface area contributed by atoms with Gasteiger partial charge in [-0.3, -0.25) is 0 Å². The summed E-state index contributed by atoms with van der Waals surface area (Å²) in [7, 11) is 1.61. The van der Waals surface area contributed by atoms with Crippen molar-refractivity contribution in [1.29, 1.82) is 0 Å². The lowest BCUT2D eigenvalue weighted by molar-refractivity contribution is 0.393. The maximum atomic E-state index is 5.00. The number of methoxy groups -OCH3 is 1. The minimum absolute atomic E-state index is 0.0518. The standard InChI is InChI=1S/C9H14N2O/c1-9(2,3)7-5-8(12-4)11-6-10-7/h5-6H,1-4H3. The second-order valence-electron chi connectivity index (χ2n) is 3.70. The minimum atomic E-state index is 0.0518. The maximum absolute atomic E-state index is 5.00. The van der Waals surface area contributed by atoms with Crippen molar-refractivity contribution in [2.75, 3.05) is 7.11 Å². The smallest absolute Gasteiger partial charge is 0.216 e. The number of hydrogen-bond acceptors (Lipinski definition) is 3. The molecule has 0 amide bonds. The highest BCUT2D eigenvalue weighted by Gasteiger charge is 2.15. The van der Waals surface area contributed by atoms with Gasteiger partial charge in [0.2, 0.25) is 5.88 Å². The average molecular weight is 166 g/mol. The molecular formula is C9H14N2O. The van der Waals surface area contributed by atoms with E-state index >= 15 is 0 Å². The molecule has 0 fully saturated rings. The summed E-state index contributed by atoms with van der Waals surface area (Å²) in [5, 5.41) is 0. The van der Waals surface area contributed by atoms with Gasteiger partial charge < -0.3 is 4.74 Å². The summed E-state index contributed by atoms with van der Waals surface area (Å²) in [6.45, 7) is 6.32. The number of aromatic nitrogens is 2. The molecule has 66 valence electrons. The van der Waals surface area contributed by atoms with Crippen molar-refractivity contribution in [2.45, 2.75) is 26.2 Å². The van der Waals surface area contributed by atoms with Crippen LogP contribution in [0, 0.1) is 0 Å². The third-order valence-electron chi connectivity index (χ3n) is 1.62. The van der Waals surface area contributed by atoms with Gasteiger partial charge in [-0.15, -0.1) is 0 Å². The van der Waals surface area contributed by atoms with Crippen LogP contribution in [0.25, 0.3) is 0 Å². The van der Waals surface area contributed by atoms with Crippen LogP contribution < -0.4 is 4.74 Å². The molecule has 1 aromatic heterocycles. The fourth-order valence-corrected chi connectivity index (χ4v) is 0.861. The second-order valence-corrected chi connectivity index (χ2v) is 3.70. The third-order valence-corrected chi connectivity index (χ3v) is 1.62. The van der Waals surface area contributed by atoms with E-state index in [1.54, 1.807) is 7.11 Å². The Morgan fingerprint density at radius 3 is 2.42 bits per heavy atom. The molecule has 12 heavy (non-hydrogen) atoms.